The maximum atomic E-state index is 12.5. The lowest BCUT2D eigenvalue weighted by atomic mass is 10.0. The average Bonchev–Trinajstić information content (AvgIpc) is 2.74. The van der Waals surface area contributed by atoms with E-state index >= 15 is 0 Å². The molecule has 0 bridgehead atoms. The van der Waals surface area contributed by atoms with Crippen LogP contribution in [0.5, 0.6) is 0 Å². The largest absolute Gasteiger partial charge is 0.351 e. The molecule has 1 heterocycles. The predicted octanol–water partition coefficient (Wildman–Crippen LogP) is 2.38. The van der Waals surface area contributed by atoms with E-state index in [-0.39, 0.29) is 42.7 Å². The molecule has 8 heteroatoms. The maximum Gasteiger partial charge on any atom is 0.234 e. The molecule has 0 saturated carbocycles. The first-order valence-corrected chi connectivity index (χ1v) is 9.73. The van der Waals surface area contributed by atoms with Gasteiger partial charge in [-0.25, -0.2) is 0 Å². The number of nitrogens with one attached hydrogen (secondary N) is 1. The molecule has 1 aliphatic heterocycles. The molecule has 2 aromatic rings. The normalized spacial score (nSPS) is 14.8. The number of halogens is 2. The number of hydrogen-bond acceptors (Lipinski definition) is 4. The fraction of sp³-hybridized carbons (Fsp3) is 0.364. The van der Waals surface area contributed by atoms with E-state index in [0.29, 0.717) is 45.7 Å². The van der Waals surface area contributed by atoms with Gasteiger partial charge in [0, 0.05) is 45.2 Å². The topological polar surface area (TPSA) is 78.7 Å². The molecule has 1 saturated heterocycles. The Labute approximate surface area is 190 Å². The summed E-state index contributed by atoms with van der Waals surface area (Å²) in [6.45, 7) is 3.56. The fourth-order valence-electron chi connectivity index (χ4n) is 3.35. The molecule has 2 amide bonds. The summed E-state index contributed by atoms with van der Waals surface area (Å²) in [7, 11) is 0. The number of carbonyl (C=O) groups is 2. The highest BCUT2D eigenvalue weighted by Gasteiger charge is 2.23. The zero-order valence-corrected chi connectivity index (χ0v) is 18.5. The van der Waals surface area contributed by atoms with E-state index in [1.807, 2.05) is 65.6 Å². The standard InChI is InChI=1S/C22H28N4O2.2ClH/c23-20(19-9-5-2-6-10-19)15-22(28)26-13-11-25(12-14-26)17-21(27)24-16-18-7-3-1-4-8-18;;/h1-10,20H,11-17,23H2,(H,24,27);2*1H. The van der Waals surface area contributed by atoms with Gasteiger partial charge in [-0.1, -0.05) is 60.7 Å². The predicted molar refractivity (Wildman–Crippen MR) is 124 cm³/mol. The Morgan fingerprint density at radius 2 is 1.47 bits per heavy atom. The van der Waals surface area contributed by atoms with E-state index in [2.05, 4.69) is 10.2 Å². The summed E-state index contributed by atoms with van der Waals surface area (Å²) in [4.78, 5) is 28.6. The quantitative estimate of drug-likeness (QED) is 0.675. The van der Waals surface area contributed by atoms with Gasteiger partial charge in [0.1, 0.15) is 0 Å². The molecular weight excluding hydrogens is 423 g/mol. The van der Waals surface area contributed by atoms with Crippen LogP contribution < -0.4 is 11.1 Å². The lowest BCUT2D eigenvalue weighted by molar-refractivity contribution is -0.133. The molecule has 3 N–H and O–H groups in total. The number of amides is 2. The highest BCUT2D eigenvalue weighted by atomic mass is 35.5. The molecule has 1 unspecified atom stereocenters. The zero-order chi connectivity index (χ0) is 19.8. The highest BCUT2D eigenvalue weighted by Crippen LogP contribution is 2.15. The smallest absolute Gasteiger partial charge is 0.234 e. The van der Waals surface area contributed by atoms with Gasteiger partial charge >= 0.3 is 0 Å². The van der Waals surface area contributed by atoms with Crippen LogP contribution in [0.2, 0.25) is 0 Å². The summed E-state index contributed by atoms with van der Waals surface area (Å²) in [6, 6.07) is 19.3. The Morgan fingerprint density at radius 3 is 2.07 bits per heavy atom. The SMILES string of the molecule is Cl.Cl.NC(CC(=O)N1CCN(CC(=O)NCc2ccccc2)CC1)c1ccccc1. The first-order valence-electron chi connectivity index (χ1n) is 9.73. The van der Waals surface area contributed by atoms with Crippen molar-refractivity contribution in [3.63, 3.8) is 0 Å². The van der Waals surface area contributed by atoms with E-state index in [4.69, 9.17) is 5.73 Å². The second kappa shape index (κ2) is 13.2. The maximum absolute atomic E-state index is 12.5. The summed E-state index contributed by atoms with van der Waals surface area (Å²) < 4.78 is 0. The van der Waals surface area contributed by atoms with Crippen LogP contribution in [0, 0.1) is 0 Å². The van der Waals surface area contributed by atoms with E-state index in [9.17, 15) is 9.59 Å². The van der Waals surface area contributed by atoms with Gasteiger partial charge in [-0.05, 0) is 11.1 Å². The van der Waals surface area contributed by atoms with Gasteiger partial charge in [0.25, 0.3) is 0 Å². The summed E-state index contributed by atoms with van der Waals surface area (Å²) in [6.07, 6.45) is 0.307. The lowest BCUT2D eigenvalue weighted by Crippen LogP contribution is -2.51. The molecule has 1 fully saturated rings. The van der Waals surface area contributed by atoms with E-state index in [1.54, 1.807) is 0 Å². The molecule has 0 aromatic heterocycles. The van der Waals surface area contributed by atoms with Crippen molar-refractivity contribution in [1.82, 2.24) is 15.1 Å². The molecule has 3 rings (SSSR count). The van der Waals surface area contributed by atoms with E-state index in [1.165, 1.54) is 0 Å². The molecule has 0 aliphatic carbocycles. The minimum Gasteiger partial charge on any atom is -0.351 e. The summed E-state index contributed by atoms with van der Waals surface area (Å²) in [5.41, 5.74) is 8.23. The molecule has 6 nitrogen and oxygen atoms in total. The van der Waals surface area contributed by atoms with Gasteiger partial charge in [-0.15, -0.1) is 24.8 Å². The molecule has 0 radical (unpaired) electrons. The van der Waals surface area contributed by atoms with Crippen molar-refractivity contribution in [2.75, 3.05) is 32.7 Å². The summed E-state index contributed by atoms with van der Waals surface area (Å²) >= 11 is 0. The second-order valence-corrected chi connectivity index (χ2v) is 7.14. The monoisotopic (exact) mass is 452 g/mol. The van der Waals surface area contributed by atoms with Crippen LogP contribution >= 0.6 is 24.8 Å². The number of nitrogens with two attached hydrogens (primary N) is 1. The van der Waals surface area contributed by atoms with Crippen molar-refractivity contribution >= 4 is 36.6 Å². The van der Waals surface area contributed by atoms with Crippen molar-refractivity contribution in [1.29, 1.82) is 0 Å². The first-order chi connectivity index (χ1) is 13.6. The molecule has 0 spiro atoms. The summed E-state index contributed by atoms with van der Waals surface area (Å²) in [5, 5.41) is 2.95. The van der Waals surface area contributed by atoms with Crippen LogP contribution in [-0.4, -0.2) is 54.3 Å². The van der Waals surface area contributed by atoms with Crippen LogP contribution in [-0.2, 0) is 16.1 Å². The van der Waals surface area contributed by atoms with Crippen LogP contribution in [0.4, 0.5) is 0 Å². The van der Waals surface area contributed by atoms with Crippen molar-refractivity contribution in [2.45, 2.75) is 19.0 Å². The third-order valence-electron chi connectivity index (χ3n) is 5.05. The second-order valence-electron chi connectivity index (χ2n) is 7.14. The molecule has 2 aromatic carbocycles. The van der Waals surface area contributed by atoms with Crippen molar-refractivity contribution in [3.05, 3.63) is 71.8 Å². The number of rotatable bonds is 7. The Kier molecular flexibility index (Phi) is 11.4. The number of nitrogens with zero attached hydrogens (tertiary/aromatic N) is 2. The van der Waals surface area contributed by atoms with Crippen molar-refractivity contribution in [3.8, 4) is 0 Å². The Balaban J connectivity index is 0.00000225. The molecule has 164 valence electrons. The third kappa shape index (κ3) is 7.95. The Hall–Kier alpha value is -2.12. The van der Waals surface area contributed by atoms with Crippen molar-refractivity contribution in [2.24, 2.45) is 5.73 Å². The molecule has 1 atom stereocenters. The van der Waals surface area contributed by atoms with Crippen LogP contribution in [0.1, 0.15) is 23.6 Å². The Morgan fingerprint density at radius 1 is 0.900 bits per heavy atom. The Bertz CT molecular complexity index is 769. The zero-order valence-electron chi connectivity index (χ0n) is 16.9. The van der Waals surface area contributed by atoms with Crippen LogP contribution in [0.25, 0.3) is 0 Å². The fourth-order valence-corrected chi connectivity index (χ4v) is 3.35. The minimum absolute atomic E-state index is 0. The third-order valence-corrected chi connectivity index (χ3v) is 5.05. The van der Waals surface area contributed by atoms with Gasteiger partial charge in [0.05, 0.1) is 6.54 Å². The minimum atomic E-state index is -0.282. The van der Waals surface area contributed by atoms with E-state index in [0.717, 1.165) is 11.1 Å². The van der Waals surface area contributed by atoms with Gasteiger partial charge < -0.3 is 16.0 Å². The summed E-state index contributed by atoms with van der Waals surface area (Å²) in [5.74, 6) is 0.0826. The van der Waals surface area contributed by atoms with Crippen LogP contribution in [0.15, 0.2) is 60.7 Å². The number of piperazine rings is 1. The van der Waals surface area contributed by atoms with Crippen molar-refractivity contribution < 1.29 is 9.59 Å². The lowest BCUT2D eigenvalue weighted by Gasteiger charge is -2.34. The highest BCUT2D eigenvalue weighted by molar-refractivity contribution is 5.85. The van der Waals surface area contributed by atoms with Gasteiger partial charge in [-0.3, -0.25) is 14.5 Å². The van der Waals surface area contributed by atoms with Crippen LogP contribution in [0.3, 0.4) is 0 Å². The molecule has 1 aliphatic rings. The number of benzene rings is 2. The average molecular weight is 453 g/mol. The van der Waals surface area contributed by atoms with Gasteiger partial charge in [0.2, 0.25) is 11.8 Å². The number of carbonyl (C=O) groups excluding carboxylic acids is 2. The van der Waals surface area contributed by atoms with Gasteiger partial charge in [-0.2, -0.15) is 0 Å². The first kappa shape index (κ1) is 25.9. The molecular formula is C22H30Cl2N4O2. The molecule has 30 heavy (non-hydrogen) atoms. The number of hydrogen-bond donors (Lipinski definition) is 2. The van der Waals surface area contributed by atoms with Gasteiger partial charge in [0.15, 0.2) is 0 Å². The van der Waals surface area contributed by atoms with E-state index < -0.39 is 0 Å².